The summed E-state index contributed by atoms with van der Waals surface area (Å²) in [6.07, 6.45) is 0. The summed E-state index contributed by atoms with van der Waals surface area (Å²) in [4.78, 5) is 7.90. The molecule has 0 radical (unpaired) electrons. The zero-order valence-corrected chi connectivity index (χ0v) is 10.5. The molecule has 1 aliphatic heterocycles. The van der Waals surface area contributed by atoms with E-state index in [1.54, 1.807) is 11.3 Å². The van der Waals surface area contributed by atoms with Crippen molar-refractivity contribution in [1.82, 2.24) is 20.5 Å². The lowest BCUT2D eigenvalue weighted by molar-refractivity contribution is 0.480. The summed E-state index contributed by atoms with van der Waals surface area (Å²) >= 11 is 1.67. The first-order valence-corrected chi connectivity index (χ1v) is 6.65. The summed E-state index contributed by atoms with van der Waals surface area (Å²) in [5.74, 6) is 1.67. The first-order chi connectivity index (χ1) is 8.33. The van der Waals surface area contributed by atoms with Gasteiger partial charge in [-0.15, -0.1) is 16.4 Å². The number of aromatic nitrogens is 3. The standard InChI is InChI=1S/C11H15N5S/c1-8-7-16(5-4-12-8)11-13-10(14-15-11)9-3-2-6-17-9/h2-3,6,8,12H,4-5,7H2,1H3,(H,13,14,15)/t8-/m0/s1. The number of anilines is 1. The molecule has 0 amide bonds. The van der Waals surface area contributed by atoms with Gasteiger partial charge in [0.1, 0.15) is 0 Å². The molecule has 1 atom stereocenters. The number of piperazine rings is 1. The molecule has 2 aromatic heterocycles. The van der Waals surface area contributed by atoms with Gasteiger partial charge in [0.25, 0.3) is 0 Å². The van der Waals surface area contributed by atoms with Crippen LogP contribution in [0.2, 0.25) is 0 Å². The smallest absolute Gasteiger partial charge is 0.245 e. The van der Waals surface area contributed by atoms with Crippen LogP contribution in [0.1, 0.15) is 6.92 Å². The van der Waals surface area contributed by atoms with Crippen LogP contribution in [0.15, 0.2) is 17.5 Å². The molecule has 0 spiro atoms. The first kappa shape index (κ1) is 10.7. The molecule has 0 aromatic carbocycles. The minimum absolute atomic E-state index is 0.493. The molecule has 3 rings (SSSR count). The van der Waals surface area contributed by atoms with Crippen LogP contribution in [-0.2, 0) is 0 Å². The Hall–Kier alpha value is -1.40. The van der Waals surface area contributed by atoms with Crippen LogP contribution in [-0.4, -0.2) is 40.9 Å². The molecule has 0 saturated carbocycles. The second-order valence-electron chi connectivity index (χ2n) is 4.26. The van der Waals surface area contributed by atoms with E-state index >= 15 is 0 Å². The third kappa shape index (κ3) is 2.18. The van der Waals surface area contributed by atoms with Crippen molar-refractivity contribution in [1.29, 1.82) is 0 Å². The molecule has 0 bridgehead atoms. The molecule has 2 aromatic rings. The van der Waals surface area contributed by atoms with E-state index in [4.69, 9.17) is 0 Å². The molecule has 1 fully saturated rings. The van der Waals surface area contributed by atoms with Crippen molar-refractivity contribution < 1.29 is 0 Å². The molecule has 1 saturated heterocycles. The van der Waals surface area contributed by atoms with Gasteiger partial charge in [0.15, 0.2) is 5.82 Å². The monoisotopic (exact) mass is 249 g/mol. The quantitative estimate of drug-likeness (QED) is 0.843. The Kier molecular flexibility index (Phi) is 2.82. The number of aromatic amines is 1. The molecular formula is C11H15N5S. The summed E-state index contributed by atoms with van der Waals surface area (Å²) in [5, 5.41) is 12.8. The zero-order chi connectivity index (χ0) is 11.7. The van der Waals surface area contributed by atoms with E-state index < -0.39 is 0 Å². The van der Waals surface area contributed by atoms with Crippen molar-refractivity contribution in [2.24, 2.45) is 0 Å². The first-order valence-electron chi connectivity index (χ1n) is 5.77. The van der Waals surface area contributed by atoms with Crippen LogP contribution < -0.4 is 10.2 Å². The Balaban J connectivity index is 1.80. The predicted octanol–water partition coefficient (Wildman–Crippen LogP) is 1.33. The van der Waals surface area contributed by atoms with Crippen molar-refractivity contribution in [3.8, 4) is 10.7 Å². The zero-order valence-electron chi connectivity index (χ0n) is 9.68. The normalized spacial score (nSPS) is 20.8. The second kappa shape index (κ2) is 4.46. The molecule has 0 aliphatic carbocycles. The summed E-state index contributed by atoms with van der Waals surface area (Å²) in [5.41, 5.74) is 0. The molecule has 90 valence electrons. The van der Waals surface area contributed by atoms with Gasteiger partial charge in [-0.25, -0.2) is 0 Å². The summed E-state index contributed by atoms with van der Waals surface area (Å²) < 4.78 is 0. The Bertz CT molecular complexity index is 478. The average Bonchev–Trinajstić information content (AvgIpc) is 3.00. The molecule has 17 heavy (non-hydrogen) atoms. The maximum Gasteiger partial charge on any atom is 0.245 e. The SMILES string of the molecule is C[C@H]1CN(c2n[nH]c(-c3cccs3)n2)CCN1. The van der Waals surface area contributed by atoms with Gasteiger partial charge in [-0.1, -0.05) is 6.07 Å². The highest BCUT2D eigenvalue weighted by Crippen LogP contribution is 2.22. The van der Waals surface area contributed by atoms with Gasteiger partial charge in [0.2, 0.25) is 5.95 Å². The summed E-state index contributed by atoms with van der Waals surface area (Å²) in [6, 6.07) is 4.57. The van der Waals surface area contributed by atoms with E-state index in [-0.39, 0.29) is 0 Å². The van der Waals surface area contributed by atoms with Gasteiger partial charge in [-0.2, -0.15) is 4.98 Å². The Morgan fingerprint density at radius 2 is 2.47 bits per heavy atom. The lowest BCUT2D eigenvalue weighted by Gasteiger charge is -2.30. The molecular weight excluding hydrogens is 234 g/mol. The van der Waals surface area contributed by atoms with Gasteiger partial charge >= 0.3 is 0 Å². The molecule has 6 heteroatoms. The number of nitrogens with zero attached hydrogens (tertiary/aromatic N) is 3. The number of hydrogen-bond acceptors (Lipinski definition) is 5. The average molecular weight is 249 g/mol. The predicted molar refractivity (Wildman–Crippen MR) is 69.4 cm³/mol. The second-order valence-corrected chi connectivity index (χ2v) is 5.21. The van der Waals surface area contributed by atoms with E-state index in [1.165, 1.54) is 0 Å². The number of hydrogen-bond donors (Lipinski definition) is 2. The molecule has 2 N–H and O–H groups in total. The Morgan fingerprint density at radius 1 is 1.53 bits per heavy atom. The van der Waals surface area contributed by atoms with Gasteiger partial charge in [-0.05, 0) is 18.4 Å². The Labute approximate surface area is 104 Å². The number of rotatable bonds is 2. The van der Waals surface area contributed by atoms with Crippen molar-refractivity contribution in [2.45, 2.75) is 13.0 Å². The van der Waals surface area contributed by atoms with Crippen molar-refractivity contribution in [3.05, 3.63) is 17.5 Å². The fourth-order valence-corrected chi connectivity index (χ4v) is 2.70. The van der Waals surface area contributed by atoms with Crippen LogP contribution in [0.3, 0.4) is 0 Å². The van der Waals surface area contributed by atoms with Crippen molar-refractivity contribution in [3.63, 3.8) is 0 Å². The topological polar surface area (TPSA) is 56.8 Å². The van der Waals surface area contributed by atoms with E-state index in [0.717, 1.165) is 36.3 Å². The third-order valence-electron chi connectivity index (χ3n) is 2.88. The lowest BCUT2D eigenvalue weighted by Crippen LogP contribution is -2.49. The Morgan fingerprint density at radius 3 is 3.24 bits per heavy atom. The summed E-state index contributed by atoms with van der Waals surface area (Å²) in [6.45, 7) is 5.09. The highest BCUT2D eigenvalue weighted by molar-refractivity contribution is 7.13. The summed E-state index contributed by atoms with van der Waals surface area (Å²) in [7, 11) is 0. The van der Waals surface area contributed by atoms with Gasteiger partial charge in [0, 0.05) is 25.7 Å². The largest absolute Gasteiger partial charge is 0.337 e. The number of H-pyrrole nitrogens is 1. The van der Waals surface area contributed by atoms with Gasteiger partial charge in [-0.3, -0.25) is 5.10 Å². The fourth-order valence-electron chi connectivity index (χ4n) is 2.03. The van der Waals surface area contributed by atoms with Gasteiger partial charge in [0.05, 0.1) is 4.88 Å². The van der Waals surface area contributed by atoms with Gasteiger partial charge < -0.3 is 10.2 Å². The lowest BCUT2D eigenvalue weighted by atomic mass is 10.2. The fraction of sp³-hybridized carbons (Fsp3) is 0.455. The van der Waals surface area contributed by atoms with Crippen LogP contribution in [0.4, 0.5) is 5.95 Å². The molecule has 3 heterocycles. The van der Waals surface area contributed by atoms with Crippen molar-refractivity contribution >= 4 is 17.3 Å². The number of thiophene rings is 1. The maximum absolute atomic E-state index is 4.55. The van der Waals surface area contributed by atoms with Crippen LogP contribution >= 0.6 is 11.3 Å². The molecule has 0 unspecified atom stereocenters. The highest BCUT2D eigenvalue weighted by Gasteiger charge is 2.19. The van der Waals surface area contributed by atoms with Crippen LogP contribution in [0, 0.1) is 0 Å². The van der Waals surface area contributed by atoms with Crippen molar-refractivity contribution in [2.75, 3.05) is 24.5 Å². The molecule has 1 aliphatic rings. The van der Waals surface area contributed by atoms with E-state index in [0.29, 0.717) is 6.04 Å². The van der Waals surface area contributed by atoms with E-state index in [2.05, 4.69) is 38.4 Å². The van der Waals surface area contributed by atoms with E-state index in [9.17, 15) is 0 Å². The minimum Gasteiger partial charge on any atom is -0.337 e. The minimum atomic E-state index is 0.493. The molecule has 5 nitrogen and oxygen atoms in total. The van der Waals surface area contributed by atoms with Crippen LogP contribution in [0.5, 0.6) is 0 Å². The number of nitrogens with one attached hydrogen (secondary N) is 2. The highest BCUT2D eigenvalue weighted by atomic mass is 32.1. The third-order valence-corrected chi connectivity index (χ3v) is 3.76. The maximum atomic E-state index is 4.55. The van der Waals surface area contributed by atoms with E-state index in [1.807, 2.05) is 11.4 Å². The van der Waals surface area contributed by atoms with Crippen LogP contribution in [0.25, 0.3) is 10.7 Å².